The summed E-state index contributed by atoms with van der Waals surface area (Å²) in [6.07, 6.45) is 1.33. The number of furan rings is 1. The molecule has 0 aliphatic heterocycles. The monoisotopic (exact) mass is 421 g/mol. The molecule has 3 rings (SSSR count). The third-order valence-electron chi connectivity index (χ3n) is 4.43. The van der Waals surface area contributed by atoms with E-state index < -0.39 is 10.8 Å². The lowest BCUT2D eigenvalue weighted by molar-refractivity contribution is -0.384. The van der Waals surface area contributed by atoms with Gasteiger partial charge in [-0.05, 0) is 43.2 Å². The Balaban J connectivity index is 1.86. The molecule has 1 N–H and O–H groups in total. The second kappa shape index (κ2) is 8.64. The second-order valence-corrected chi connectivity index (χ2v) is 6.92. The molecule has 1 heterocycles. The van der Waals surface area contributed by atoms with E-state index in [1.165, 1.54) is 24.3 Å². The summed E-state index contributed by atoms with van der Waals surface area (Å²) < 4.78 is 5.67. The fourth-order valence-electron chi connectivity index (χ4n) is 2.88. The van der Waals surface area contributed by atoms with Crippen LogP contribution in [0.15, 0.2) is 58.5 Å². The van der Waals surface area contributed by atoms with Crippen LogP contribution in [0.5, 0.6) is 0 Å². The van der Waals surface area contributed by atoms with Crippen molar-refractivity contribution in [3.05, 3.63) is 86.1 Å². The van der Waals surface area contributed by atoms with Gasteiger partial charge in [0.15, 0.2) is 0 Å². The van der Waals surface area contributed by atoms with Crippen molar-refractivity contribution in [2.45, 2.75) is 13.8 Å². The molecule has 2 aromatic carbocycles. The molecule has 0 fully saturated rings. The fourth-order valence-corrected chi connectivity index (χ4v) is 3.14. The summed E-state index contributed by atoms with van der Waals surface area (Å²) in [4.78, 5) is 22.9. The van der Waals surface area contributed by atoms with Gasteiger partial charge in [-0.15, -0.1) is 0 Å². The van der Waals surface area contributed by atoms with E-state index in [9.17, 15) is 20.2 Å². The zero-order valence-electron chi connectivity index (χ0n) is 16.1. The molecule has 0 aliphatic carbocycles. The summed E-state index contributed by atoms with van der Waals surface area (Å²) in [6.45, 7) is 3.73. The molecule has 0 bridgehead atoms. The largest absolute Gasteiger partial charge is 0.457 e. The lowest BCUT2D eigenvalue weighted by atomic mass is 10.1. The number of non-ortho nitro benzene ring substituents is 1. The SMILES string of the molecule is Cc1cccc(C)c1NC(=O)/C(C#N)=C/c1ccc(-c2ccc([N+](=O)[O-])cc2Cl)o1. The Morgan fingerprint density at radius 1 is 1.20 bits per heavy atom. The molecule has 0 spiro atoms. The van der Waals surface area contributed by atoms with Gasteiger partial charge in [-0.1, -0.05) is 29.8 Å². The van der Waals surface area contributed by atoms with Crippen molar-refractivity contribution in [1.29, 1.82) is 5.26 Å². The van der Waals surface area contributed by atoms with E-state index in [0.29, 0.717) is 17.0 Å². The molecule has 150 valence electrons. The molecule has 3 aromatic rings. The van der Waals surface area contributed by atoms with Gasteiger partial charge < -0.3 is 9.73 Å². The number of nitriles is 1. The van der Waals surface area contributed by atoms with Crippen LogP contribution in [-0.2, 0) is 4.79 Å². The third kappa shape index (κ3) is 4.40. The van der Waals surface area contributed by atoms with Crippen LogP contribution in [-0.4, -0.2) is 10.8 Å². The Kier molecular flexibility index (Phi) is 6.00. The van der Waals surface area contributed by atoms with E-state index in [-0.39, 0.29) is 22.0 Å². The average molecular weight is 422 g/mol. The molecule has 8 heteroatoms. The number of anilines is 1. The first-order valence-electron chi connectivity index (χ1n) is 8.83. The third-order valence-corrected chi connectivity index (χ3v) is 4.74. The summed E-state index contributed by atoms with van der Waals surface area (Å²) in [6, 6.07) is 14.7. The Hall–Kier alpha value is -3.89. The highest BCUT2D eigenvalue weighted by Gasteiger charge is 2.16. The zero-order chi connectivity index (χ0) is 21.8. The van der Waals surface area contributed by atoms with Crippen molar-refractivity contribution in [3.63, 3.8) is 0 Å². The van der Waals surface area contributed by atoms with Gasteiger partial charge >= 0.3 is 0 Å². The van der Waals surface area contributed by atoms with E-state index in [2.05, 4.69) is 5.32 Å². The number of hydrogen-bond donors (Lipinski definition) is 1. The average Bonchev–Trinajstić information content (AvgIpc) is 3.17. The molecule has 0 saturated heterocycles. The van der Waals surface area contributed by atoms with Gasteiger partial charge in [0.25, 0.3) is 11.6 Å². The van der Waals surface area contributed by atoms with Gasteiger partial charge in [0.2, 0.25) is 0 Å². The summed E-state index contributed by atoms with van der Waals surface area (Å²) in [7, 11) is 0. The van der Waals surface area contributed by atoms with Crippen molar-refractivity contribution in [2.24, 2.45) is 0 Å². The molecule has 7 nitrogen and oxygen atoms in total. The minimum Gasteiger partial charge on any atom is -0.457 e. The molecular weight excluding hydrogens is 406 g/mol. The molecule has 0 atom stereocenters. The molecular formula is C22H16ClN3O4. The lowest BCUT2D eigenvalue weighted by Crippen LogP contribution is -2.15. The first-order valence-corrected chi connectivity index (χ1v) is 9.21. The molecule has 0 radical (unpaired) electrons. The van der Waals surface area contributed by atoms with Crippen LogP contribution in [0.4, 0.5) is 11.4 Å². The van der Waals surface area contributed by atoms with Gasteiger partial charge in [0.05, 0.1) is 9.95 Å². The Bertz CT molecular complexity index is 1200. The van der Waals surface area contributed by atoms with Crippen molar-refractivity contribution >= 4 is 35.0 Å². The number of carbonyl (C=O) groups excluding carboxylic acids is 1. The maximum atomic E-state index is 12.6. The summed E-state index contributed by atoms with van der Waals surface area (Å²) in [5, 5.41) is 23.2. The van der Waals surface area contributed by atoms with Gasteiger partial charge in [0, 0.05) is 29.5 Å². The number of para-hydroxylation sites is 1. The van der Waals surface area contributed by atoms with Crippen molar-refractivity contribution in [3.8, 4) is 17.4 Å². The van der Waals surface area contributed by atoms with Crippen molar-refractivity contribution in [2.75, 3.05) is 5.32 Å². The number of carbonyl (C=O) groups is 1. The van der Waals surface area contributed by atoms with Crippen LogP contribution in [0.1, 0.15) is 16.9 Å². The molecule has 1 amide bonds. The molecule has 30 heavy (non-hydrogen) atoms. The summed E-state index contributed by atoms with van der Waals surface area (Å²) in [5.74, 6) is 0.0717. The first-order chi connectivity index (χ1) is 14.3. The second-order valence-electron chi connectivity index (χ2n) is 6.51. The first kappa shape index (κ1) is 20.8. The van der Waals surface area contributed by atoms with Crippen molar-refractivity contribution < 1.29 is 14.1 Å². The summed E-state index contributed by atoms with van der Waals surface area (Å²) in [5.41, 5.74) is 2.61. The van der Waals surface area contributed by atoms with E-state index in [1.54, 1.807) is 12.1 Å². The predicted octanol–water partition coefficient (Wildman–Crippen LogP) is 5.67. The van der Waals surface area contributed by atoms with Crippen LogP contribution < -0.4 is 5.32 Å². The van der Waals surface area contributed by atoms with Crippen LogP contribution in [0.25, 0.3) is 17.4 Å². The molecule has 1 aromatic heterocycles. The number of nitrogens with one attached hydrogen (secondary N) is 1. The van der Waals surface area contributed by atoms with Gasteiger partial charge in [-0.3, -0.25) is 14.9 Å². The normalized spacial score (nSPS) is 11.1. The predicted molar refractivity (Wildman–Crippen MR) is 114 cm³/mol. The topological polar surface area (TPSA) is 109 Å². The molecule has 0 saturated carbocycles. The van der Waals surface area contributed by atoms with Gasteiger partial charge in [-0.2, -0.15) is 5.26 Å². The smallest absolute Gasteiger partial charge is 0.270 e. The van der Waals surface area contributed by atoms with E-state index in [0.717, 1.165) is 11.1 Å². The Morgan fingerprint density at radius 3 is 2.50 bits per heavy atom. The number of amides is 1. The number of halogens is 1. The van der Waals surface area contributed by atoms with Crippen LogP contribution in [0.3, 0.4) is 0 Å². The molecule has 0 aliphatic rings. The van der Waals surface area contributed by atoms with E-state index in [1.807, 2.05) is 38.1 Å². The minimum absolute atomic E-state index is 0.131. The maximum absolute atomic E-state index is 12.6. The number of nitrogens with zero attached hydrogens (tertiary/aromatic N) is 2. The highest BCUT2D eigenvalue weighted by molar-refractivity contribution is 6.33. The quantitative estimate of drug-likeness (QED) is 0.247. The zero-order valence-corrected chi connectivity index (χ0v) is 16.9. The number of nitro benzene ring substituents is 1. The minimum atomic E-state index is -0.554. The number of hydrogen-bond acceptors (Lipinski definition) is 5. The number of rotatable bonds is 5. The van der Waals surface area contributed by atoms with Gasteiger partial charge in [-0.25, -0.2) is 0 Å². The highest BCUT2D eigenvalue weighted by atomic mass is 35.5. The number of aryl methyl sites for hydroxylation is 2. The lowest BCUT2D eigenvalue weighted by Gasteiger charge is -2.10. The standard InChI is InChI=1S/C22H16ClN3O4/c1-13-4-3-5-14(2)21(13)25-22(27)15(12-24)10-17-7-9-20(30-17)18-8-6-16(26(28)29)11-19(18)23/h3-11H,1-2H3,(H,25,27)/b15-10+. The van der Waals surface area contributed by atoms with Crippen molar-refractivity contribution in [1.82, 2.24) is 0 Å². The van der Waals surface area contributed by atoms with E-state index >= 15 is 0 Å². The van der Waals surface area contributed by atoms with Crippen LogP contribution in [0.2, 0.25) is 5.02 Å². The van der Waals surface area contributed by atoms with Crippen LogP contribution >= 0.6 is 11.6 Å². The summed E-state index contributed by atoms with van der Waals surface area (Å²) >= 11 is 6.12. The van der Waals surface area contributed by atoms with E-state index in [4.69, 9.17) is 16.0 Å². The Labute approximate surface area is 177 Å². The number of benzene rings is 2. The van der Waals surface area contributed by atoms with Crippen LogP contribution in [0, 0.1) is 35.3 Å². The Morgan fingerprint density at radius 2 is 1.90 bits per heavy atom. The highest BCUT2D eigenvalue weighted by Crippen LogP contribution is 2.32. The fraction of sp³-hybridized carbons (Fsp3) is 0.0909. The van der Waals surface area contributed by atoms with Gasteiger partial charge in [0.1, 0.15) is 23.2 Å². The number of nitro groups is 1. The maximum Gasteiger partial charge on any atom is 0.270 e. The molecule has 0 unspecified atom stereocenters.